The number of benzene rings is 1. The average Bonchev–Trinajstić information content (AvgIpc) is 3.22. The Morgan fingerprint density at radius 2 is 1.95 bits per heavy atom. The van der Waals surface area contributed by atoms with Gasteiger partial charge in [0.15, 0.2) is 0 Å². The molecular formula is C19H28N2O. The number of nitrogens with one attached hydrogen (secondary N) is 2. The molecule has 1 amide bonds. The molecule has 3 rings (SSSR count). The van der Waals surface area contributed by atoms with E-state index >= 15 is 0 Å². The van der Waals surface area contributed by atoms with Gasteiger partial charge in [0.05, 0.1) is 0 Å². The Kier molecular flexibility index (Phi) is 4.53. The summed E-state index contributed by atoms with van der Waals surface area (Å²) >= 11 is 0. The third kappa shape index (κ3) is 3.19. The number of hydrogen-bond acceptors (Lipinski definition) is 2. The molecule has 1 heterocycles. The van der Waals surface area contributed by atoms with Crippen LogP contribution in [0.15, 0.2) is 30.3 Å². The number of carbonyl (C=O) groups is 1. The molecule has 2 unspecified atom stereocenters. The van der Waals surface area contributed by atoms with Crippen LogP contribution in [0.25, 0.3) is 0 Å². The second kappa shape index (κ2) is 6.41. The lowest BCUT2D eigenvalue weighted by molar-refractivity contribution is -0.123. The first-order valence-electron chi connectivity index (χ1n) is 8.66. The van der Waals surface area contributed by atoms with E-state index in [0.717, 1.165) is 38.9 Å². The van der Waals surface area contributed by atoms with Crippen molar-refractivity contribution in [2.24, 2.45) is 17.3 Å². The Balaban J connectivity index is 1.56. The summed E-state index contributed by atoms with van der Waals surface area (Å²) in [4.78, 5) is 12.5. The van der Waals surface area contributed by atoms with E-state index in [1.54, 1.807) is 0 Å². The topological polar surface area (TPSA) is 41.1 Å². The lowest BCUT2D eigenvalue weighted by Crippen LogP contribution is -2.35. The normalized spacial score (nSPS) is 24.2. The highest BCUT2D eigenvalue weighted by Gasteiger charge is 2.57. The fourth-order valence-corrected chi connectivity index (χ4v) is 3.97. The van der Waals surface area contributed by atoms with Crippen molar-refractivity contribution < 1.29 is 4.79 Å². The van der Waals surface area contributed by atoms with Gasteiger partial charge in [-0.3, -0.25) is 4.79 Å². The van der Waals surface area contributed by atoms with E-state index in [1.807, 2.05) is 6.07 Å². The van der Waals surface area contributed by atoms with Crippen molar-refractivity contribution in [2.45, 2.75) is 39.0 Å². The summed E-state index contributed by atoms with van der Waals surface area (Å²) in [6.45, 7) is 7.36. The quantitative estimate of drug-likeness (QED) is 0.878. The smallest absolute Gasteiger partial charge is 0.223 e. The van der Waals surface area contributed by atoms with Gasteiger partial charge in [-0.2, -0.15) is 0 Å². The summed E-state index contributed by atoms with van der Waals surface area (Å²) in [7, 11) is 0. The van der Waals surface area contributed by atoms with Gasteiger partial charge in [0.25, 0.3) is 0 Å². The van der Waals surface area contributed by atoms with Crippen molar-refractivity contribution in [1.82, 2.24) is 10.6 Å². The molecule has 3 nitrogen and oxygen atoms in total. The minimum Gasteiger partial charge on any atom is -0.355 e. The number of carbonyl (C=O) groups excluding carboxylic acids is 1. The zero-order valence-electron chi connectivity index (χ0n) is 13.8. The minimum absolute atomic E-state index is 0.262. The molecule has 1 saturated carbocycles. The van der Waals surface area contributed by atoms with Crippen molar-refractivity contribution in [2.75, 3.05) is 19.6 Å². The molecule has 120 valence electrons. The van der Waals surface area contributed by atoms with Crippen molar-refractivity contribution >= 4 is 5.91 Å². The van der Waals surface area contributed by atoms with Crippen LogP contribution in [0.5, 0.6) is 0 Å². The molecule has 1 aromatic rings. The molecule has 1 aliphatic heterocycles. The van der Waals surface area contributed by atoms with Crippen molar-refractivity contribution in [3.8, 4) is 0 Å². The average molecular weight is 300 g/mol. The highest BCUT2D eigenvalue weighted by molar-refractivity contribution is 5.82. The molecule has 2 atom stereocenters. The van der Waals surface area contributed by atoms with Gasteiger partial charge >= 0.3 is 0 Å². The molecule has 1 aliphatic carbocycles. The van der Waals surface area contributed by atoms with Gasteiger partial charge in [-0.15, -0.1) is 0 Å². The van der Waals surface area contributed by atoms with E-state index in [-0.39, 0.29) is 11.8 Å². The second-order valence-electron chi connectivity index (χ2n) is 7.38. The Bertz CT molecular complexity index is 505. The maximum atomic E-state index is 12.5. The van der Waals surface area contributed by atoms with Gasteiger partial charge in [-0.25, -0.2) is 0 Å². The van der Waals surface area contributed by atoms with Crippen LogP contribution in [0.2, 0.25) is 0 Å². The van der Waals surface area contributed by atoms with Crippen molar-refractivity contribution in [3.63, 3.8) is 0 Å². The van der Waals surface area contributed by atoms with Crippen LogP contribution in [0.3, 0.4) is 0 Å². The summed E-state index contributed by atoms with van der Waals surface area (Å²) < 4.78 is 0. The summed E-state index contributed by atoms with van der Waals surface area (Å²) in [5.74, 6) is 1.46. The van der Waals surface area contributed by atoms with Gasteiger partial charge in [-0.1, -0.05) is 44.2 Å². The summed E-state index contributed by atoms with van der Waals surface area (Å²) in [5.41, 5.74) is 1.65. The van der Waals surface area contributed by atoms with Crippen molar-refractivity contribution in [3.05, 3.63) is 35.9 Å². The van der Waals surface area contributed by atoms with Gasteiger partial charge < -0.3 is 10.6 Å². The molecule has 2 aliphatic rings. The molecule has 1 aromatic carbocycles. The molecule has 0 aromatic heterocycles. The lowest BCUT2D eigenvalue weighted by Gasteiger charge is -2.24. The number of hydrogen-bond donors (Lipinski definition) is 2. The van der Waals surface area contributed by atoms with Gasteiger partial charge in [0.1, 0.15) is 0 Å². The zero-order chi connectivity index (χ0) is 15.6. The molecule has 3 heteroatoms. The molecule has 22 heavy (non-hydrogen) atoms. The molecule has 1 spiro atoms. The molecule has 0 radical (unpaired) electrons. The summed E-state index contributed by atoms with van der Waals surface area (Å²) in [6.07, 6.45) is 3.42. The van der Waals surface area contributed by atoms with Crippen LogP contribution in [-0.4, -0.2) is 25.5 Å². The SMILES string of the molecule is CC(C)C(CNC(=O)C1CC12CCNCC2)c1ccccc1. The van der Waals surface area contributed by atoms with Crippen LogP contribution in [0, 0.1) is 17.3 Å². The largest absolute Gasteiger partial charge is 0.355 e. The fourth-order valence-electron chi connectivity index (χ4n) is 3.97. The van der Waals surface area contributed by atoms with E-state index < -0.39 is 0 Å². The maximum absolute atomic E-state index is 12.5. The monoisotopic (exact) mass is 300 g/mol. The third-order valence-corrected chi connectivity index (χ3v) is 5.63. The Labute approximate surface area is 133 Å². The first kappa shape index (κ1) is 15.5. The fraction of sp³-hybridized carbons (Fsp3) is 0.632. The van der Waals surface area contributed by atoms with E-state index in [9.17, 15) is 4.79 Å². The van der Waals surface area contributed by atoms with Crippen LogP contribution >= 0.6 is 0 Å². The Morgan fingerprint density at radius 3 is 2.59 bits per heavy atom. The van der Waals surface area contributed by atoms with Crippen LogP contribution in [0.1, 0.15) is 44.6 Å². The van der Waals surface area contributed by atoms with Crippen LogP contribution < -0.4 is 10.6 Å². The van der Waals surface area contributed by atoms with E-state index in [4.69, 9.17) is 0 Å². The number of piperidine rings is 1. The van der Waals surface area contributed by atoms with Gasteiger partial charge in [-0.05, 0) is 49.2 Å². The highest BCUT2D eigenvalue weighted by Crippen LogP contribution is 2.58. The highest BCUT2D eigenvalue weighted by atomic mass is 16.2. The third-order valence-electron chi connectivity index (χ3n) is 5.63. The standard InChI is InChI=1S/C19H28N2O/c1-14(2)16(15-6-4-3-5-7-15)13-21-18(22)17-12-19(17)8-10-20-11-9-19/h3-7,14,16-17,20H,8-13H2,1-2H3,(H,21,22). The second-order valence-corrected chi connectivity index (χ2v) is 7.38. The predicted octanol–water partition coefficient (Wildman–Crippen LogP) is 2.93. The molecular weight excluding hydrogens is 272 g/mol. The number of rotatable bonds is 5. The molecule has 0 bridgehead atoms. The van der Waals surface area contributed by atoms with E-state index in [1.165, 1.54) is 5.56 Å². The first-order chi connectivity index (χ1) is 10.6. The summed E-state index contributed by atoms with van der Waals surface area (Å²) in [5, 5.41) is 6.63. The van der Waals surface area contributed by atoms with E-state index in [0.29, 0.717) is 17.3 Å². The Morgan fingerprint density at radius 1 is 1.27 bits per heavy atom. The van der Waals surface area contributed by atoms with Gasteiger partial charge in [0.2, 0.25) is 5.91 Å². The van der Waals surface area contributed by atoms with Gasteiger partial charge in [0, 0.05) is 18.4 Å². The van der Waals surface area contributed by atoms with Crippen molar-refractivity contribution in [1.29, 1.82) is 0 Å². The van der Waals surface area contributed by atoms with Crippen LogP contribution in [0.4, 0.5) is 0 Å². The molecule has 2 fully saturated rings. The molecule has 2 N–H and O–H groups in total. The van der Waals surface area contributed by atoms with Crippen LogP contribution in [-0.2, 0) is 4.79 Å². The predicted molar refractivity (Wildman–Crippen MR) is 89.7 cm³/mol. The first-order valence-corrected chi connectivity index (χ1v) is 8.66. The zero-order valence-corrected chi connectivity index (χ0v) is 13.8. The minimum atomic E-state index is 0.262. The Hall–Kier alpha value is -1.35. The summed E-state index contributed by atoms with van der Waals surface area (Å²) in [6, 6.07) is 10.5. The number of amides is 1. The van der Waals surface area contributed by atoms with E-state index in [2.05, 4.69) is 48.7 Å². The molecule has 1 saturated heterocycles. The lowest BCUT2D eigenvalue weighted by atomic mass is 9.88. The maximum Gasteiger partial charge on any atom is 0.223 e.